The minimum absolute atomic E-state index is 0.294. The van der Waals surface area contributed by atoms with E-state index in [4.69, 9.17) is 4.74 Å². The first-order valence-corrected chi connectivity index (χ1v) is 8.77. The van der Waals surface area contributed by atoms with Crippen LogP contribution in [-0.4, -0.2) is 28.5 Å². The summed E-state index contributed by atoms with van der Waals surface area (Å²) >= 11 is 3.30. The molecule has 3 rings (SSSR count). The predicted molar refractivity (Wildman–Crippen MR) is 102 cm³/mol. The zero-order valence-corrected chi connectivity index (χ0v) is 15.8. The fraction of sp³-hybridized carbons (Fsp3) is 0.158. The molecule has 3 aromatic rings. The summed E-state index contributed by atoms with van der Waals surface area (Å²) in [4.78, 5) is 33.0. The molecular formula is C19H16BrN3O3. The number of nitrogens with one attached hydrogen (secondary N) is 1. The number of ether oxygens (including phenoxy) is 1. The van der Waals surface area contributed by atoms with Gasteiger partial charge in [0, 0.05) is 27.9 Å². The molecule has 0 bridgehead atoms. The monoisotopic (exact) mass is 413 g/mol. The van der Waals surface area contributed by atoms with Gasteiger partial charge >= 0.3 is 5.97 Å². The highest BCUT2D eigenvalue weighted by Crippen LogP contribution is 2.25. The fourth-order valence-corrected chi connectivity index (χ4v) is 2.90. The maximum atomic E-state index is 12.6. The molecule has 0 aliphatic carbocycles. The molecule has 2 aromatic heterocycles. The van der Waals surface area contributed by atoms with Crippen LogP contribution in [0.1, 0.15) is 33.3 Å². The molecule has 0 aliphatic heterocycles. The zero-order valence-electron chi connectivity index (χ0n) is 14.2. The number of hydrogen-bond acceptors (Lipinski definition) is 5. The maximum Gasteiger partial charge on any atom is 0.338 e. The van der Waals surface area contributed by atoms with Gasteiger partial charge in [-0.25, -0.2) is 4.79 Å². The number of carbonyl (C=O) groups is 2. The lowest BCUT2D eigenvalue weighted by atomic mass is 10.1. The Bertz CT molecular complexity index is 1000. The Kier molecular flexibility index (Phi) is 5.27. The van der Waals surface area contributed by atoms with E-state index in [0.29, 0.717) is 38.8 Å². The van der Waals surface area contributed by atoms with Crippen molar-refractivity contribution in [3.05, 3.63) is 64.0 Å². The Balaban J connectivity index is 2.02. The van der Waals surface area contributed by atoms with Crippen LogP contribution in [0.4, 0.5) is 5.69 Å². The molecule has 0 spiro atoms. The second-order valence-electron chi connectivity index (χ2n) is 5.61. The molecule has 0 aliphatic rings. The van der Waals surface area contributed by atoms with Crippen molar-refractivity contribution in [1.29, 1.82) is 0 Å². The number of benzene rings is 1. The number of halogens is 1. The highest BCUT2D eigenvalue weighted by Gasteiger charge is 2.13. The van der Waals surface area contributed by atoms with E-state index in [1.165, 1.54) is 6.20 Å². The van der Waals surface area contributed by atoms with Gasteiger partial charge in [0.05, 0.1) is 28.9 Å². The van der Waals surface area contributed by atoms with Crippen LogP contribution in [0, 0.1) is 6.92 Å². The number of aryl methyl sites for hydroxylation is 1. The molecule has 0 fully saturated rings. The second kappa shape index (κ2) is 7.61. The summed E-state index contributed by atoms with van der Waals surface area (Å²) in [5.41, 5.74) is 2.83. The number of anilines is 1. The van der Waals surface area contributed by atoms with Crippen molar-refractivity contribution in [1.82, 2.24) is 9.97 Å². The van der Waals surface area contributed by atoms with Crippen molar-refractivity contribution in [3.63, 3.8) is 0 Å². The Morgan fingerprint density at radius 1 is 1.15 bits per heavy atom. The molecule has 6 nitrogen and oxygen atoms in total. The number of hydrogen-bond donors (Lipinski definition) is 1. The lowest BCUT2D eigenvalue weighted by Crippen LogP contribution is -2.13. The van der Waals surface area contributed by atoms with Crippen LogP contribution in [0.2, 0.25) is 0 Å². The number of aromatic nitrogens is 2. The van der Waals surface area contributed by atoms with E-state index in [1.54, 1.807) is 43.5 Å². The average molecular weight is 414 g/mol. The van der Waals surface area contributed by atoms with Gasteiger partial charge in [0.2, 0.25) is 0 Å². The number of pyridine rings is 2. The molecular weight excluding hydrogens is 398 g/mol. The van der Waals surface area contributed by atoms with E-state index in [-0.39, 0.29) is 5.91 Å². The van der Waals surface area contributed by atoms with Crippen LogP contribution in [0.3, 0.4) is 0 Å². The predicted octanol–water partition coefficient (Wildman–Crippen LogP) is 4.13. The molecule has 26 heavy (non-hydrogen) atoms. The second-order valence-corrected chi connectivity index (χ2v) is 6.53. The molecule has 0 saturated carbocycles. The fourth-order valence-electron chi connectivity index (χ4n) is 2.53. The average Bonchev–Trinajstić information content (AvgIpc) is 2.61. The molecule has 2 heterocycles. The summed E-state index contributed by atoms with van der Waals surface area (Å²) in [6, 6.07) is 8.53. The first-order chi connectivity index (χ1) is 12.5. The van der Waals surface area contributed by atoms with E-state index in [0.717, 1.165) is 5.69 Å². The third kappa shape index (κ3) is 3.88. The Morgan fingerprint density at radius 2 is 1.96 bits per heavy atom. The van der Waals surface area contributed by atoms with Crippen LogP contribution in [0.5, 0.6) is 0 Å². The summed E-state index contributed by atoms with van der Waals surface area (Å²) in [6.45, 7) is 3.89. The molecule has 0 unspecified atom stereocenters. The van der Waals surface area contributed by atoms with Gasteiger partial charge in [0.1, 0.15) is 0 Å². The highest BCUT2D eigenvalue weighted by atomic mass is 79.9. The van der Waals surface area contributed by atoms with Gasteiger partial charge in [-0.3, -0.25) is 14.8 Å². The van der Waals surface area contributed by atoms with E-state index in [9.17, 15) is 9.59 Å². The number of rotatable bonds is 4. The van der Waals surface area contributed by atoms with Crippen molar-refractivity contribution in [3.8, 4) is 0 Å². The van der Waals surface area contributed by atoms with Gasteiger partial charge < -0.3 is 10.1 Å². The Labute approximate surface area is 158 Å². The van der Waals surface area contributed by atoms with E-state index in [2.05, 4.69) is 31.2 Å². The standard InChI is InChI=1S/C19H16BrN3O3/c1-3-26-19(25)12-4-5-16-15(8-12)17(6-11(2)22-16)23-18(24)13-7-14(20)10-21-9-13/h4-10H,3H2,1-2H3,(H,22,23,24). The van der Waals surface area contributed by atoms with Crippen molar-refractivity contribution in [2.24, 2.45) is 0 Å². The van der Waals surface area contributed by atoms with E-state index in [1.807, 2.05) is 6.92 Å². The van der Waals surface area contributed by atoms with Crippen LogP contribution in [0.15, 0.2) is 47.2 Å². The molecule has 1 amide bonds. The molecule has 1 aromatic carbocycles. The lowest BCUT2D eigenvalue weighted by molar-refractivity contribution is 0.0526. The van der Waals surface area contributed by atoms with Gasteiger partial charge in [0.15, 0.2) is 0 Å². The Morgan fingerprint density at radius 3 is 2.69 bits per heavy atom. The van der Waals surface area contributed by atoms with Crippen LogP contribution in [-0.2, 0) is 4.74 Å². The van der Waals surface area contributed by atoms with Gasteiger partial charge in [-0.05, 0) is 60.1 Å². The Hall–Kier alpha value is -2.80. The number of amides is 1. The summed E-state index contributed by atoms with van der Waals surface area (Å²) in [7, 11) is 0. The summed E-state index contributed by atoms with van der Waals surface area (Å²) in [6.07, 6.45) is 3.09. The van der Waals surface area contributed by atoms with E-state index >= 15 is 0 Å². The summed E-state index contributed by atoms with van der Waals surface area (Å²) in [5.74, 6) is -0.712. The van der Waals surface area contributed by atoms with Gasteiger partial charge in [-0.2, -0.15) is 0 Å². The topological polar surface area (TPSA) is 81.2 Å². The molecule has 1 N–H and O–H groups in total. The van der Waals surface area contributed by atoms with Gasteiger partial charge in [-0.15, -0.1) is 0 Å². The summed E-state index contributed by atoms with van der Waals surface area (Å²) < 4.78 is 5.76. The van der Waals surface area contributed by atoms with Gasteiger partial charge in [0.25, 0.3) is 5.91 Å². The normalized spacial score (nSPS) is 10.6. The maximum absolute atomic E-state index is 12.6. The first-order valence-electron chi connectivity index (χ1n) is 7.98. The number of nitrogens with zero attached hydrogens (tertiary/aromatic N) is 2. The minimum Gasteiger partial charge on any atom is -0.462 e. The largest absolute Gasteiger partial charge is 0.462 e. The van der Waals surface area contributed by atoms with Gasteiger partial charge in [-0.1, -0.05) is 0 Å². The minimum atomic E-state index is -0.413. The molecule has 0 atom stereocenters. The highest BCUT2D eigenvalue weighted by molar-refractivity contribution is 9.10. The molecule has 0 saturated heterocycles. The number of carbonyl (C=O) groups excluding carboxylic acids is 2. The number of esters is 1. The van der Waals surface area contributed by atoms with Crippen LogP contribution >= 0.6 is 15.9 Å². The smallest absolute Gasteiger partial charge is 0.338 e. The van der Waals surface area contributed by atoms with Crippen LogP contribution < -0.4 is 5.32 Å². The lowest BCUT2D eigenvalue weighted by Gasteiger charge is -2.11. The van der Waals surface area contributed by atoms with Crippen LogP contribution in [0.25, 0.3) is 10.9 Å². The van der Waals surface area contributed by atoms with E-state index < -0.39 is 5.97 Å². The molecule has 132 valence electrons. The molecule has 7 heteroatoms. The van der Waals surface area contributed by atoms with Crippen molar-refractivity contribution >= 4 is 44.4 Å². The SMILES string of the molecule is CCOC(=O)c1ccc2nc(C)cc(NC(=O)c3cncc(Br)c3)c2c1. The quantitative estimate of drug-likeness (QED) is 0.650. The van der Waals surface area contributed by atoms with Crippen molar-refractivity contribution in [2.45, 2.75) is 13.8 Å². The molecule has 0 radical (unpaired) electrons. The van der Waals surface area contributed by atoms with Crippen molar-refractivity contribution < 1.29 is 14.3 Å². The third-order valence-corrected chi connectivity index (χ3v) is 4.10. The number of fused-ring (bicyclic) bond motifs is 1. The summed E-state index contributed by atoms with van der Waals surface area (Å²) in [5, 5.41) is 3.54. The third-order valence-electron chi connectivity index (χ3n) is 3.66. The zero-order chi connectivity index (χ0) is 18.7. The first kappa shape index (κ1) is 18.0. The van der Waals surface area contributed by atoms with Crippen molar-refractivity contribution in [2.75, 3.05) is 11.9 Å².